The van der Waals surface area contributed by atoms with E-state index in [0.29, 0.717) is 5.56 Å². The maximum absolute atomic E-state index is 12.0. The largest absolute Gasteiger partial charge is 0.504 e. The average molecular weight is 341 g/mol. The van der Waals surface area contributed by atoms with Gasteiger partial charge in [0, 0.05) is 25.0 Å². The van der Waals surface area contributed by atoms with Crippen molar-refractivity contribution in [3.63, 3.8) is 0 Å². The Labute approximate surface area is 137 Å². The van der Waals surface area contributed by atoms with Gasteiger partial charge in [-0.1, -0.05) is 24.8 Å². The summed E-state index contributed by atoms with van der Waals surface area (Å²) in [5, 5.41) is 30.2. The number of carbonyl (C=O) groups excluding carboxylic acids is 2. The number of aromatic hydroxyl groups is 2. The third-order valence-corrected chi connectivity index (χ3v) is 4.15. The van der Waals surface area contributed by atoms with Crippen LogP contribution in [0.5, 0.6) is 11.5 Å². The molecule has 4 N–H and O–H groups in total. The molecular formula is C15H19NO6S. The van der Waals surface area contributed by atoms with E-state index in [1.807, 2.05) is 0 Å². The second kappa shape index (κ2) is 8.42. The van der Waals surface area contributed by atoms with Crippen LogP contribution in [0.25, 0.3) is 0 Å². The lowest BCUT2D eigenvalue weighted by molar-refractivity contribution is -0.142. The second-order valence-corrected chi connectivity index (χ2v) is 6.33. The minimum Gasteiger partial charge on any atom is -0.504 e. The van der Waals surface area contributed by atoms with Crippen LogP contribution in [0.4, 0.5) is 0 Å². The van der Waals surface area contributed by atoms with Crippen molar-refractivity contribution in [2.75, 3.05) is 5.75 Å². The van der Waals surface area contributed by atoms with Gasteiger partial charge < -0.3 is 20.6 Å². The summed E-state index contributed by atoms with van der Waals surface area (Å²) in [4.78, 5) is 34.2. The molecule has 0 aliphatic carbocycles. The van der Waals surface area contributed by atoms with E-state index >= 15 is 0 Å². The molecule has 1 amide bonds. The highest BCUT2D eigenvalue weighted by Crippen LogP contribution is 2.25. The zero-order chi connectivity index (χ0) is 17.6. The van der Waals surface area contributed by atoms with E-state index in [2.05, 4.69) is 5.32 Å². The number of hydrogen-bond donors (Lipinski definition) is 4. The van der Waals surface area contributed by atoms with Crippen molar-refractivity contribution < 1.29 is 29.7 Å². The summed E-state index contributed by atoms with van der Waals surface area (Å²) < 4.78 is 0. The number of carbonyl (C=O) groups is 3. The van der Waals surface area contributed by atoms with E-state index in [4.69, 9.17) is 0 Å². The van der Waals surface area contributed by atoms with Crippen LogP contribution in [-0.4, -0.2) is 44.1 Å². The fraction of sp³-hybridized carbons (Fsp3) is 0.400. The molecule has 0 spiro atoms. The van der Waals surface area contributed by atoms with Gasteiger partial charge in [-0.25, -0.2) is 4.79 Å². The van der Waals surface area contributed by atoms with Crippen LogP contribution in [0, 0.1) is 5.92 Å². The number of phenolic OH excluding ortho intramolecular Hbond substituents is 2. The summed E-state index contributed by atoms with van der Waals surface area (Å²) in [5.74, 6) is -2.58. The van der Waals surface area contributed by atoms with Gasteiger partial charge in [0.05, 0.1) is 0 Å². The molecule has 23 heavy (non-hydrogen) atoms. The van der Waals surface area contributed by atoms with Crippen LogP contribution in [0.3, 0.4) is 0 Å². The number of aliphatic carboxylic acids is 1. The summed E-state index contributed by atoms with van der Waals surface area (Å²) >= 11 is 1.00. The molecule has 0 saturated heterocycles. The van der Waals surface area contributed by atoms with Gasteiger partial charge in [-0.3, -0.25) is 9.59 Å². The minimum atomic E-state index is -1.21. The summed E-state index contributed by atoms with van der Waals surface area (Å²) in [6.45, 7) is 3.00. The predicted molar refractivity (Wildman–Crippen MR) is 85.3 cm³/mol. The standard InChI is InChI=1S/C15H19NO6S/c1-8(7-23-9(2)17)14(20)16-11(15(21)22)5-10-3-4-12(18)13(19)6-10/h3-4,6,8,11,18-19H,5,7H2,1-2H3,(H,16,20)(H,21,22)/t8?,11-/m0/s1. The van der Waals surface area contributed by atoms with E-state index in [1.165, 1.54) is 25.1 Å². The van der Waals surface area contributed by atoms with E-state index < -0.39 is 23.8 Å². The first-order chi connectivity index (χ1) is 10.7. The molecule has 8 heteroatoms. The first-order valence-electron chi connectivity index (χ1n) is 6.88. The molecular weight excluding hydrogens is 322 g/mol. The Morgan fingerprint density at radius 3 is 2.39 bits per heavy atom. The first-order valence-corrected chi connectivity index (χ1v) is 7.86. The lowest BCUT2D eigenvalue weighted by Gasteiger charge is -2.17. The fourth-order valence-electron chi connectivity index (χ4n) is 1.76. The summed E-state index contributed by atoms with van der Waals surface area (Å²) in [5.41, 5.74) is 0.457. The molecule has 7 nitrogen and oxygen atoms in total. The van der Waals surface area contributed by atoms with E-state index in [-0.39, 0.29) is 28.8 Å². The molecule has 0 bridgehead atoms. The van der Waals surface area contributed by atoms with Crippen LogP contribution in [0.15, 0.2) is 18.2 Å². The number of carboxylic acids is 1. The smallest absolute Gasteiger partial charge is 0.326 e. The molecule has 1 unspecified atom stereocenters. The molecule has 0 aliphatic rings. The number of nitrogens with one attached hydrogen (secondary N) is 1. The van der Waals surface area contributed by atoms with Crippen molar-refractivity contribution in [3.05, 3.63) is 23.8 Å². The van der Waals surface area contributed by atoms with E-state index in [1.54, 1.807) is 6.92 Å². The maximum Gasteiger partial charge on any atom is 0.326 e. The molecule has 0 saturated carbocycles. The Balaban J connectivity index is 2.71. The summed E-state index contributed by atoms with van der Waals surface area (Å²) in [6.07, 6.45) is -0.0402. The third kappa shape index (κ3) is 6.19. The minimum absolute atomic E-state index is 0.0402. The van der Waals surface area contributed by atoms with Crippen LogP contribution in [0.2, 0.25) is 0 Å². The Bertz CT molecular complexity index is 604. The zero-order valence-corrected chi connectivity index (χ0v) is 13.6. The summed E-state index contributed by atoms with van der Waals surface area (Å²) in [7, 11) is 0. The van der Waals surface area contributed by atoms with Crippen molar-refractivity contribution >= 4 is 28.8 Å². The van der Waals surface area contributed by atoms with Crippen molar-refractivity contribution in [1.29, 1.82) is 0 Å². The highest BCUT2D eigenvalue weighted by Gasteiger charge is 2.24. The van der Waals surface area contributed by atoms with Gasteiger partial charge in [0.1, 0.15) is 6.04 Å². The highest BCUT2D eigenvalue weighted by molar-refractivity contribution is 8.13. The Morgan fingerprint density at radius 1 is 1.22 bits per heavy atom. The summed E-state index contributed by atoms with van der Waals surface area (Å²) in [6, 6.07) is 2.78. The van der Waals surface area contributed by atoms with Gasteiger partial charge in [-0.05, 0) is 17.7 Å². The average Bonchev–Trinajstić information content (AvgIpc) is 2.47. The van der Waals surface area contributed by atoms with Crippen LogP contribution >= 0.6 is 11.8 Å². The topological polar surface area (TPSA) is 124 Å². The van der Waals surface area contributed by atoms with E-state index in [0.717, 1.165) is 11.8 Å². The number of rotatable bonds is 7. The molecule has 0 aromatic heterocycles. The van der Waals surface area contributed by atoms with Gasteiger partial charge in [-0.15, -0.1) is 0 Å². The monoisotopic (exact) mass is 341 g/mol. The molecule has 0 radical (unpaired) electrons. The molecule has 0 aliphatic heterocycles. The normalized spacial score (nSPS) is 13.1. The molecule has 0 heterocycles. The number of carboxylic acid groups (broad SMARTS) is 1. The number of hydrogen-bond acceptors (Lipinski definition) is 6. The number of amides is 1. The van der Waals surface area contributed by atoms with Crippen molar-refractivity contribution in [1.82, 2.24) is 5.32 Å². The number of phenols is 2. The van der Waals surface area contributed by atoms with Gasteiger partial charge >= 0.3 is 5.97 Å². The molecule has 1 aromatic carbocycles. The van der Waals surface area contributed by atoms with Gasteiger partial charge in [-0.2, -0.15) is 0 Å². The van der Waals surface area contributed by atoms with Crippen LogP contribution in [-0.2, 0) is 20.8 Å². The fourth-order valence-corrected chi connectivity index (χ4v) is 2.40. The Morgan fingerprint density at radius 2 is 1.87 bits per heavy atom. The Kier molecular flexibility index (Phi) is 6.89. The lowest BCUT2D eigenvalue weighted by atomic mass is 10.0. The molecule has 0 fully saturated rings. The van der Waals surface area contributed by atoms with Gasteiger partial charge in [0.2, 0.25) is 5.91 Å². The third-order valence-electron chi connectivity index (χ3n) is 3.08. The number of thioether (sulfide) groups is 1. The molecule has 1 rings (SSSR count). The van der Waals surface area contributed by atoms with Crippen molar-refractivity contribution in [2.45, 2.75) is 26.3 Å². The lowest BCUT2D eigenvalue weighted by Crippen LogP contribution is -2.44. The van der Waals surface area contributed by atoms with Crippen molar-refractivity contribution in [2.24, 2.45) is 5.92 Å². The molecule has 1 aromatic rings. The quantitative estimate of drug-likeness (QED) is 0.548. The predicted octanol–water partition coefficient (Wildman–Crippen LogP) is 1.13. The Hall–Kier alpha value is -2.22. The van der Waals surface area contributed by atoms with E-state index in [9.17, 15) is 29.7 Å². The molecule has 2 atom stereocenters. The highest BCUT2D eigenvalue weighted by atomic mass is 32.2. The first kappa shape index (κ1) is 18.8. The van der Waals surface area contributed by atoms with Gasteiger partial charge in [0.15, 0.2) is 16.6 Å². The molecule has 126 valence electrons. The second-order valence-electron chi connectivity index (χ2n) is 5.13. The van der Waals surface area contributed by atoms with Gasteiger partial charge in [0.25, 0.3) is 0 Å². The SMILES string of the molecule is CC(=O)SCC(C)C(=O)N[C@@H](Cc1ccc(O)c(O)c1)C(=O)O. The van der Waals surface area contributed by atoms with Crippen LogP contribution < -0.4 is 5.32 Å². The van der Waals surface area contributed by atoms with Crippen molar-refractivity contribution in [3.8, 4) is 11.5 Å². The van der Waals surface area contributed by atoms with Crippen LogP contribution in [0.1, 0.15) is 19.4 Å². The maximum atomic E-state index is 12.0. The zero-order valence-electron chi connectivity index (χ0n) is 12.8. The number of benzene rings is 1.